The fourth-order valence-electron chi connectivity index (χ4n) is 1.18. The Hall–Kier alpha value is -1.07. The highest BCUT2D eigenvalue weighted by Crippen LogP contribution is 2.31. The molecule has 84 valence electrons. The molecule has 0 unspecified atom stereocenters. The van der Waals surface area contributed by atoms with E-state index in [4.69, 9.17) is 5.11 Å². The summed E-state index contributed by atoms with van der Waals surface area (Å²) in [4.78, 5) is 0. The first-order valence-electron chi connectivity index (χ1n) is 4.35. The predicted octanol–water partition coefficient (Wildman–Crippen LogP) is 2.12. The average molecular weight is 220 g/mol. The number of aliphatic hydroxyl groups is 2. The summed E-state index contributed by atoms with van der Waals surface area (Å²) in [7, 11) is 0. The molecule has 0 amide bonds. The molecule has 0 radical (unpaired) electrons. The SMILES string of the molecule is C[C@H](O)[C@@H](O)c1cccc(C(F)(F)F)c1. The zero-order chi connectivity index (χ0) is 11.6. The smallest absolute Gasteiger partial charge is 0.390 e. The van der Waals surface area contributed by atoms with Crippen molar-refractivity contribution in [3.63, 3.8) is 0 Å². The number of alkyl halides is 3. The molecule has 1 rings (SSSR count). The maximum absolute atomic E-state index is 12.3. The Labute approximate surface area is 85.0 Å². The van der Waals surface area contributed by atoms with Crippen LogP contribution in [0.15, 0.2) is 24.3 Å². The van der Waals surface area contributed by atoms with Gasteiger partial charge in [-0.1, -0.05) is 12.1 Å². The summed E-state index contributed by atoms with van der Waals surface area (Å²) in [5.74, 6) is 0. The molecule has 2 atom stereocenters. The molecule has 0 fully saturated rings. The molecular formula is C10H11F3O2. The molecule has 1 aromatic rings. The van der Waals surface area contributed by atoms with E-state index in [1.54, 1.807) is 0 Å². The first-order chi connectivity index (χ1) is 6.82. The molecule has 15 heavy (non-hydrogen) atoms. The van der Waals surface area contributed by atoms with Gasteiger partial charge in [0.2, 0.25) is 0 Å². The minimum atomic E-state index is -4.44. The molecule has 0 spiro atoms. The number of hydrogen-bond acceptors (Lipinski definition) is 2. The normalized spacial score (nSPS) is 16.1. The maximum Gasteiger partial charge on any atom is 0.416 e. The van der Waals surface area contributed by atoms with Crippen molar-refractivity contribution in [1.82, 2.24) is 0 Å². The predicted molar refractivity (Wildman–Crippen MR) is 48.1 cm³/mol. The molecule has 0 aliphatic heterocycles. The van der Waals surface area contributed by atoms with Gasteiger partial charge in [0.05, 0.1) is 11.7 Å². The van der Waals surface area contributed by atoms with Gasteiger partial charge in [-0.3, -0.25) is 0 Å². The largest absolute Gasteiger partial charge is 0.416 e. The van der Waals surface area contributed by atoms with Crippen LogP contribution in [-0.2, 0) is 6.18 Å². The Kier molecular flexibility index (Phi) is 3.36. The van der Waals surface area contributed by atoms with E-state index in [9.17, 15) is 18.3 Å². The second-order valence-corrected chi connectivity index (χ2v) is 3.31. The number of aliphatic hydroxyl groups excluding tert-OH is 2. The standard InChI is InChI=1S/C10H11F3O2/c1-6(14)9(15)7-3-2-4-8(5-7)10(11,12)13/h2-6,9,14-15H,1H3/t6-,9+/m0/s1. The fourth-order valence-corrected chi connectivity index (χ4v) is 1.18. The first-order valence-corrected chi connectivity index (χ1v) is 4.35. The zero-order valence-electron chi connectivity index (χ0n) is 7.99. The number of rotatable bonds is 2. The topological polar surface area (TPSA) is 40.5 Å². The van der Waals surface area contributed by atoms with Gasteiger partial charge in [-0.2, -0.15) is 13.2 Å². The van der Waals surface area contributed by atoms with Gasteiger partial charge in [-0.25, -0.2) is 0 Å². The van der Waals surface area contributed by atoms with Crippen molar-refractivity contribution < 1.29 is 23.4 Å². The van der Waals surface area contributed by atoms with Gasteiger partial charge < -0.3 is 10.2 Å². The van der Waals surface area contributed by atoms with Gasteiger partial charge in [-0.05, 0) is 24.6 Å². The van der Waals surface area contributed by atoms with E-state index in [1.165, 1.54) is 19.1 Å². The Balaban J connectivity index is 3.03. The molecular weight excluding hydrogens is 209 g/mol. The molecule has 1 aromatic carbocycles. The van der Waals surface area contributed by atoms with Crippen LogP contribution >= 0.6 is 0 Å². The van der Waals surface area contributed by atoms with Crippen LogP contribution in [0.3, 0.4) is 0 Å². The zero-order valence-corrected chi connectivity index (χ0v) is 7.99. The molecule has 0 saturated carbocycles. The minimum absolute atomic E-state index is 0.0554. The van der Waals surface area contributed by atoms with Crippen molar-refractivity contribution in [2.24, 2.45) is 0 Å². The van der Waals surface area contributed by atoms with E-state index < -0.39 is 23.9 Å². The highest BCUT2D eigenvalue weighted by Gasteiger charge is 2.31. The highest BCUT2D eigenvalue weighted by atomic mass is 19.4. The average Bonchev–Trinajstić information content (AvgIpc) is 2.15. The lowest BCUT2D eigenvalue weighted by atomic mass is 10.0. The van der Waals surface area contributed by atoms with E-state index in [0.29, 0.717) is 0 Å². The Morgan fingerprint density at radius 3 is 2.27 bits per heavy atom. The van der Waals surface area contributed by atoms with E-state index in [2.05, 4.69) is 0 Å². The van der Waals surface area contributed by atoms with Crippen LogP contribution in [0.1, 0.15) is 24.2 Å². The summed E-state index contributed by atoms with van der Waals surface area (Å²) >= 11 is 0. The maximum atomic E-state index is 12.3. The van der Waals surface area contributed by atoms with E-state index in [1.807, 2.05) is 0 Å². The van der Waals surface area contributed by atoms with Crippen LogP contribution < -0.4 is 0 Å². The van der Waals surface area contributed by atoms with Crippen LogP contribution in [0, 0.1) is 0 Å². The fraction of sp³-hybridized carbons (Fsp3) is 0.400. The number of benzene rings is 1. The van der Waals surface area contributed by atoms with Crippen LogP contribution in [0.25, 0.3) is 0 Å². The molecule has 0 heterocycles. The molecule has 5 heteroatoms. The summed E-state index contributed by atoms with van der Waals surface area (Å²) < 4.78 is 36.9. The van der Waals surface area contributed by atoms with Gasteiger partial charge in [-0.15, -0.1) is 0 Å². The second kappa shape index (κ2) is 4.20. The molecule has 0 aromatic heterocycles. The summed E-state index contributed by atoms with van der Waals surface area (Å²) in [6.45, 7) is 1.31. The highest BCUT2D eigenvalue weighted by molar-refractivity contribution is 5.27. The van der Waals surface area contributed by atoms with E-state index >= 15 is 0 Å². The summed E-state index contributed by atoms with van der Waals surface area (Å²) in [6, 6.07) is 4.28. The summed E-state index contributed by atoms with van der Waals surface area (Å²) in [6.07, 6.45) is -6.84. The van der Waals surface area contributed by atoms with Crippen LogP contribution in [-0.4, -0.2) is 16.3 Å². The first kappa shape index (κ1) is 12.0. The number of halogens is 3. The van der Waals surface area contributed by atoms with E-state index in [0.717, 1.165) is 12.1 Å². The lowest BCUT2D eigenvalue weighted by molar-refractivity contribution is -0.137. The van der Waals surface area contributed by atoms with Crippen molar-refractivity contribution >= 4 is 0 Å². The molecule has 2 nitrogen and oxygen atoms in total. The van der Waals surface area contributed by atoms with Crippen LogP contribution in [0.4, 0.5) is 13.2 Å². The van der Waals surface area contributed by atoms with Crippen molar-refractivity contribution in [2.45, 2.75) is 25.3 Å². The third-order valence-electron chi connectivity index (χ3n) is 2.01. The lowest BCUT2D eigenvalue weighted by Crippen LogP contribution is -2.15. The minimum Gasteiger partial charge on any atom is -0.390 e. The van der Waals surface area contributed by atoms with Gasteiger partial charge in [0.1, 0.15) is 6.10 Å². The molecule has 0 bridgehead atoms. The summed E-state index contributed by atoms with van der Waals surface area (Å²) in [5.41, 5.74) is -0.778. The van der Waals surface area contributed by atoms with Crippen molar-refractivity contribution in [1.29, 1.82) is 0 Å². The number of hydrogen-bond donors (Lipinski definition) is 2. The third kappa shape index (κ3) is 2.94. The molecule has 2 N–H and O–H groups in total. The third-order valence-corrected chi connectivity index (χ3v) is 2.01. The van der Waals surface area contributed by atoms with Gasteiger partial charge in [0.15, 0.2) is 0 Å². The van der Waals surface area contributed by atoms with Crippen molar-refractivity contribution in [2.75, 3.05) is 0 Å². The van der Waals surface area contributed by atoms with Crippen molar-refractivity contribution in [3.8, 4) is 0 Å². The lowest BCUT2D eigenvalue weighted by Gasteiger charge is -2.15. The summed E-state index contributed by atoms with van der Waals surface area (Å²) in [5, 5.41) is 18.4. The van der Waals surface area contributed by atoms with Gasteiger partial charge in [0.25, 0.3) is 0 Å². The second-order valence-electron chi connectivity index (χ2n) is 3.31. The van der Waals surface area contributed by atoms with Gasteiger partial charge in [0, 0.05) is 0 Å². The quantitative estimate of drug-likeness (QED) is 0.801. The molecule has 0 saturated heterocycles. The monoisotopic (exact) mass is 220 g/mol. The Morgan fingerprint density at radius 2 is 1.80 bits per heavy atom. The van der Waals surface area contributed by atoms with Gasteiger partial charge >= 0.3 is 6.18 Å². The molecule has 0 aliphatic carbocycles. The van der Waals surface area contributed by atoms with Crippen molar-refractivity contribution in [3.05, 3.63) is 35.4 Å². The molecule has 0 aliphatic rings. The van der Waals surface area contributed by atoms with E-state index in [-0.39, 0.29) is 5.56 Å². The Bertz CT molecular complexity index is 334. The van der Waals surface area contributed by atoms with Crippen LogP contribution in [0.2, 0.25) is 0 Å². The Morgan fingerprint density at radius 1 is 1.20 bits per heavy atom. The van der Waals surface area contributed by atoms with Crippen LogP contribution in [0.5, 0.6) is 0 Å².